The third-order valence-corrected chi connectivity index (χ3v) is 3.14. The maximum atomic E-state index is 11.7. The predicted molar refractivity (Wildman–Crippen MR) is 70.4 cm³/mol. The van der Waals surface area contributed by atoms with E-state index < -0.39 is 0 Å². The Morgan fingerprint density at radius 3 is 2.50 bits per heavy atom. The number of aromatic nitrogens is 2. The molecular formula is C13H20N4O. The summed E-state index contributed by atoms with van der Waals surface area (Å²) < 4.78 is 0. The van der Waals surface area contributed by atoms with Crippen LogP contribution in [0.3, 0.4) is 0 Å². The zero-order chi connectivity index (χ0) is 13.0. The molecule has 98 valence electrons. The minimum atomic E-state index is -0.0769. The summed E-state index contributed by atoms with van der Waals surface area (Å²) in [4.78, 5) is 20.1. The molecule has 0 bridgehead atoms. The van der Waals surface area contributed by atoms with Gasteiger partial charge >= 0.3 is 0 Å². The molecular weight excluding hydrogens is 228 g/mol. The Balaban J connectivity index is 1.82. The maximum absolute atomic E-state index is 11.7. The Morgan fingerprint density at radius 1 is 1.28 bits per heavy atom. The first kappa shape index (κ1) is 13.0. The SMILES string of the molecule is Cc1cc(C)nc(NC(=O)CNC2CCCC2)n1. The molecule has 2 rings (SSSR count). The van der Waals surface area contributed by atoms with Crippen molar-refractivity contribution in [2.24, 2.45) is 0 Å². The zero-order valence-corrected chi connectivity index (χ0v) is 11.0. The van der Waals surface area contributed by atoms with Crippen molar-refractivity contribution >= 4 is 11.9 Å². The summed E-state index contributed by atoms with van der Waals surface area (Å²) in [6.45, 7) is 4.11. The fraction of sp³-hybridized carbons (Fsp3) is 0.615. The van der Waals surface area contributed by atoms with Crippen LogP contribution in [-0.2, 0) is 4.79 Å². The molecule has 18 heavy (non-hydrogen) atoms. The summed E-state index contributed by atoms with van der Waals surface area (Å²) in [6, 6.07) is 2.38. The lowest BCUT2D eigenvalue weighted by Gasteiger charge is -2.11. The van der Waals surface area contributed by atoms with Crippen LogP contribution in [0.5, 0.6) is 0 Å². The summed E-state index contributed by atoms with van der Waals surface area (Å²) in [5.74, 6) is 0.317. The van der Waals surface area contributed by atoms with Gasteiger partial charge in [0.15, 0.2) is 0 Å². The largest absolute Gasteiger partial charge is 0.306 e. The number of anilines is 1. The molecule has 1 saturated carbocycles. The van der Waals surface area contributed by atoms with Gasteiger partial charge < -0.3 is 5.32 Å². The van der Waals surface area contributed by atoms with Crippen molar-refractivity contribution in [2.75, 3.05) is 11.9 Å². The van der Waals surface area contributed by atoms with Gasteiger partial charge in [-0.1, -0.05) is 12.8 Å². The van der Waals surface area contributed by atoms with Crippen LogP contribution < -0.4 is 10.6 Å². The second-order valence-electron chi connectivity index (χ2n) is 4.88. The first-order valence-corrected chi connectivity index (χ1v) is 6.49. The highest BCUT2D eigenvalue weighted by molar-refractivity contribution is 5.90. The van der Waals surface area contributed by atoms with E-state index in [1.165, 1.54) is 25.7 Å². The van der Waals surface area contributed by atoms with E-state index in [-0.39, 0.29) is 5.91 Å². The van der Waals surface area contributed by atoms with Gasteiger partial charge in [0.05, 0.1) is 6.54 Å². The molecule has 1 aromatic rings. The molecule has 2 N–H and O–H groups in total. The summed E-state index contributed by atoms with van der Waals surface area (Å²) in [6.07, 6.45) is 4.87. The second kappa shape index (κ2) is 5.91. The van der Waals surface area contributed by atoms with Crippen LogP contribution in [0.4, 0.5) is 5.95 Å². The number of aryl methyl sites for hydroxylation is 2. The molecule has 0 saturated heterocycles. The van der Waals surface area contributed by atoms with Crippen LogP contribution in [0, 0.1) is 13.8 Å². The number of nitrogens with zero attached hydrogens (tertiary/aromatic N) is 2. The molecule has 1 heterocycles. The van der Waals surface area contributed by atoms with E-state index in [0.717, 1.165) is 11.4 Å². The normalized spacial score (nSPS) is 15.9. The van der Waals surface area contributed by atoms with Gasteiger partial charge in [-0.2, -0.15) is 0 Å². The smallest absolute Gasteiger partial charge is 0.240 e. The molecule has 1 aliphatic rings. The number of carbonyl (C=O) groups excluding carboxylic acids is 1. The van der Waals surface area contributed by atoms with E-state index in [2.05, 4.69) is 20.6 Å². The Morgan fingerprint density at radius 2 is 1.89 bits per heavy atom. The van der Waals surface area contributed by atoms with Crippen molar-refractivity contribution in [3.8, 4) is 0 Å². The maximum Gasteiger partial charge on any atom is 0.240 e. The van der Waals surface area contributed by atoms with Crippen LogP contribution >= 0.6 is 0 Å². The number of nitrogens with one attached hydrogen (secondary N) is 2. The number of hydrogen-bond acceptors (Lipinski definition) is 4. The molecule has 0 atom stereocenters. The predicted octanol–water partition coefficient (Wildman–Crippen LogP) is 1.56. The minimum Gasteiger partial charge on any atom is -0.306 e. The van der Waals surface area contributed by atoms with E-state index >= 15 is 0 Å². The van der Waals surface area contributed by atoms with Crippen LogP contribution in [-0.4, -0.2) is 28.5 Å². The first-order valence-electron chi connectivity index (χ1n) is 6.49. The summed E-state index contributed by atoms with van der Waals surface area (Å²) in [7, 11) is 0. The van der Waals surface area contributed by atoms with Gasteiger partial charge in [-0.15, -0.1) is 0 Å². The van der Waals surface area contributed by atoms with Crippen LogP contribution in [0.25, 0.3) is 0 Å². The van der Waals surface area contributed by atoms with Crippen molar-refractivity contribution in [2.45, 2.75) is 45.6 Å². The number of carbonyl (C=O) groups is 1. The standard InChI is InChI=1S/C13H20N4O/c1-9-7-10(2)16-13(15-9)17-12(18)8-14-11-5-3-4-6-11/h7,11,14H,3-6,8H2,1-2H3,(H,15,16,17,18). The van der Waals surface area contributed by atoms with Crippen molar-refractivity contribution in [3.63, 3.8) is 0 Å². The molecule has 0 aliphatic heterocycles. The highest BCUT2D eigenvalue weighted by atomic mass is 16.2. The molecule has 1 aliphatic carbocycles. The molecule has 0 aromatic carbocycles. The van der Waals surface area contributed by atoms with Crippen molar-refractivity contribution in [1.29, 1.82) is 0 Å². The lowest BCUT2D eigenvalue weighted by Crippen LogP contribution is -2.34. The first-order chi connectivity index (χ1) is 8.63. The molecule has 5 nitrogen and oxygen atoms in total. The average Bonchev–Trinajstić information content (AvgIpc) is 2.77. The van der Waals surface area contributed by atoms with E-state index in [9.17, 15) is 4.79 Å². The highest BCUT2D eigenvalue weighted by Gasteiger charge is 2.15. The van der Waals surface area contributed by atoms with E-state index in [1.54, 1.807) is 0 Å². The van der Waals surface area contributed by atoms with E-state index in [4.69, 9.17) is 0 Å². The van der Waals surface area contributed by atoms with Gasteiger partial charge in [0, 0.05) is 17.4 Å². The fourth-order valence-corrected chi connectivity index (χ4v) is 2.32. The Kier molecular flexibility index (Phi) is 4.25. The van der Waals surface area contributed by atoms with Gasteiger partial charge in [0.25, 0.3) is 0 Å². The molecule has 0 radical (unpaired) electrons. The summed E-state index contributed by atoms with van der Waals surface area (Å²) >= 11 is 0. The molecule has 1 fully saturated rings. The average molecular weight is 248 g/mol. The summed E-state index contributed by atoms with van der Waals surface area (Å²) in [5, 5.41) is 5.99. The lowest BCUT2D eigenvalue weighted by atomic mass is 10.2. The van der Waals surface area contributed by atoms with Crippen LogP contribution in [0.2, 0.25) is 0 Å². The zero-order valence-electron chi connectivity index (χ0n) is 11.0. The van der Waals surface area contributed by atoms with Crippen LogP contribution in [0.15, 0.2) is 6.07 Å². The quantitative estimate of drug-likeness (QED) is 0.848. The third-order valence-electron chi connectivity index (χ3n) is 3.14. The van der Waals surface area contributed by atoms with Gasteiger partial charge in [0.1, 0.15) is 0 Å². The Bertz CT molecular complexity index is 407. The van der Waals surface area contributed by atoms with Crippen molar-refractivity contribution in [1.82, 2.24) is 15.3 Å². The number of amides is 1. The van der Waals surface area contributed by atoms with Gasteiger partial charge in [-0.25, -0.2) is 9.97 Å². The van der Waals surface area contributed by atoms with E-state index in [0.29, 0.717) is 18.5 Å². The Hall–Kier alpha value is -1.49. The van der Waals surface area contributed by atoms with Gasteiger partial charge in [-0.3, -0.25) is 10.1 Å². The fourth-order valence-electron chi connectivity index (χ4n) is 2.32. The molecule has 0 spiro atoms. The molecule has 1 aromatic heterocycles. The summed E-state index contributed by atoms with van der Waals surface area (Å²) in [5.41, 5.74) is 1.73. The number of rotatable bonds is 4. The van der Waals surface area contributed by atoms with Gasteiger partial charge in [0.2, 0.25) is 11.9 Å². The molecule has 1 amide bonds. The van der Waals surface area contributed by atoms with E-state index in [1.807, 2.05) is 19.9 Å². The Labute approximate surface area is 107 Å². The van der Waals surface area contributed by atoms with Crippen molar-refractivity contribution < 1.29 is 4.79 Å². The minimum absolute atomic E-state index is 0.0769. The molecule has 5 heteroatoms. The highest BCUT2D eigenvalue weighted by Crippen LogP contribution is 2.17. The second-order valence-corrected chi connectivity index (χ2v) is 4.88. The monoisotopic (exact) mass is 248 g/mol. The molecule has 0 unspecified atom stereocenters. The topological polar surface area (TPSA) is 66.9 Å². The lowest BCUT2D eigenvalue weighted by molar-refractivity contribution is -0.115. The van der Waals surface area contributed by atoms with Crippen molar-refractivity contribution in [3.05, 3.63) is 17.5 Å². The van der Waals surface area contributed by atoms with Crippen LogP contribution in [0.1, 0.15) is 37.1 Å². The number of hydrogen-bond donors (Lipinski definition) is 2. The van der Waals surface area contributed by atoms with Gasteiger partial charge in [-0.05, 0) is 32.8 Å². The third kappa shape index (κ3) is 3.77.